The molecule has 7 nitrogen and oxygen atoms in total. The van der Waals surface area contributed by atoms with Gasteiger partial charge in [-0.05, 0) is 19.8 Å². The molecule has 2 unspecified atom stereocenters. The maximum absolute atomic E-state index is 11.1. The SMILES string of the molecule is C/C(=C\CCC(C(=O)O)C1CN=C(N)N1)C(=O)O. The van der Waals surface area contributed by atoms with E-state index in [1.165, 1.54) is 13.0 Å². The molecule has 0 fully saturated rings. The number of nitrogens with one attached hydrogen (secondary N) is 1. The Labute approximate surface area is 104 Å². The van der Waals surface area contributed by atoms with Crippen molar-refractivity contribution >= 4 is 17.9 Å². The lowest BCUT2D eigenvalue weighted by atomic mass is 9.94. The molecule has 0 aliphatic carbocycles. The van der Waals surface area contributed by atoms with Crippen LogP contribution in [0.25, 0.3) is 0 Å². The number of nitrogens with zero attached hydrogens (tertiary/aromatic N) is 1. The molecule has 0 radical (unpaired) electrons. The first kappa shape index (κ1) is 14.0. The smallest absolute Gasteiger partial charge is 0.330 e. The minimum atomic E-state index is -0.992. The summed E-state index contributed by atoms with van der Waals surface area (Å²) in [4.78, 5) is 25.6. The zero-order valence-electron chi connectivity index (χ0n) is 10.1. The van der Waals surface area contributed by atoms with Crippen molar-refractivity contribution in [2.45, 2.75) is 25.8 Å². The van der Waals surface area contributed by atoms with E-state index in [1.54, 1.807) is 0 Å². The lowest BCUT2D eigenvalue weighted by Crippen LogP contribution is -2.42. The van der Waals surface area contributed by atoms with Crippen LogP contribution in [-0.4, -0.2) is 40.7 Å². The number of nitrogens with two attached hydrogens (primary N) is 1. The maximum Gasteiger partial charge on any atom is 0.330 e. The fourth-order valence-corrected chi connectivity index (χ4v) is 1.77. The second kappa shape index (κ2) is 6.04. The van der Waals surface area contributed by atoms with Crippen LogP contribution in [0.15, 0.2) is 16.6 Å². The quantitative estimate of drug-likeness (QED) is 0.486. The molecule has 1 rings (SSSR count). The van der Waals surface area contributed by atoms with Gasteiger partial charge in [-0.1, -0.05) is 6.08 Å². The molecule has 1 aliphatic rings. The molecule has 0 aromatic rings. The van der Waals surface area contributed by atoms with Crippen LogP contribution in [-0.2, 0) is 9.59 Å². The third-order valence-electron chi connectivity index (χ3n) is 2.86. The molecule has 1 heterocycles. The van der Waals surface area contributed by atoms with Gasteiger partial charge < -0.3 is 21.3 Å². The largest absolute Gasteiger partial charge is 0.481 e. The predicted octanol–water partition coefficient (Wildman–Crippen LogP) is -0.215. The first-order valence-corrected chi connectivity index (χ1v) is 5.61. The Morgan fingerprint density at radius 2 is 2.28 bits per heavy atom. The molecule has 7 heteroatoms. The fourth-order valence-electron chi connectivity index (χ4n) is 1.77. The van der Waals surface area contributed by atoms with Gasteiger partial charge in [0.25, 0.3) is 0 Å². The predicted molar refractivity (Wildman–Crippen MR) is 65.2 cm³/mol. The summed E-state index contributed by atoms with van der Waals surface area (Å²) in [6.45, 7) is 1.82. The van der Waals surface area contributed by atoms with Crippen molar-refractivity contribution in [1.82, 2.24) is 5.32 Å². The van der Waals surface area contributed by atoms with Gasteiger partial charge in [0, 0.05) is 5.57 Å². The third kappa shape index (κ3) is 3.76. The Bertz CT molecular complexity index is 403. The van der Waals surface area contributed by atoms with E-state index in [9.17, 15) is 9.59 Å². The Morgan fingerprint density at radius 1 is 1.61 bits per heavy atom. The summed E-state index contributed by atoms with van der Waals surface area (Å²) >= 11 is 0. The van der Waals surface area contributed by atoms with Crippen LogP contribution >= 0.6 is 0 Å². The number of hydrogen-bond donors (Lipinski definition) is 4. The minimum Gasteiger partial charge on any atom is -0.481 e. The summed E-state index contributed by atoms with van der Waals surface area (Å²) in [5, 5.41) is 20.6. The van der Waals surface area contributed by atoms with Crippen LogP contribution in [0, 0.1) is 5.92 Å². The summed E-state index contributed by atoms with van der Waals surface area (Å²) in [5.74, 6) is -2.30. The molecule has 2 atom stereocenters. The molecule has 0 bridgehead atoms. The van der Waals surface area contributed by atoms with Gasteiger partial charge in [-0.2, -0.15) is 0 Å². The van der Waals surface area contributed by atoms with Gasteiger partial charge in [-0.25, -0.2) is 4.79 Å². The number of rotatable bonds is 6. The van der Waals surface area contributed by atoms with E-state index in [1.807, 2.05) is 0 Å². The Kier molecular flexibility index (Phi) is 4.70. The van der Waals surface area contributed by atoms with Crippen LogP contribution in [0.2, 0.25) is 0 Å². The van der Waals surface area contributed by atoms with E-state index in [2.05, 4.69) is 10.3 Å². The highest BCUT2D eigenvalue weighted by molar-refractivity contribution is 5.85. The first-order valence-electron chi connectivity index (χ1n) is 5.61. The van der Waals surface area contributed by atoms with Gasteiger partial charge >= 0.3 is 11.9 Å². The van der Waals surface area contributed by atoms with Crippen molar-refractivity contribution in [3.8, 4) is 0 Å². The van der Waals surface area contributed by atoms with E-state index < -0.39 is 17.9 Å². The topological polar surface area (TPSA) is 125 Å². The number of aliphatic carboxylic acids is 2. The monoisotopic (exact) mass is 255 g/mol. The molecule has 0 saturated heterocycles. The number of carbonyl (C=O) groups is 2. The summed E-state index contributed by atoms with van der Waals surface area (Å²) < 4.78 is 0. The Balaban J connectivity index is 2.52. The van der Waals surface area contributed by atoms with Crippen LogP contribution in [0.5, 0.6) is 0 Å². The van der Waals surface area contributed by atoms with E-state index in [-0.39, 0.29) is 17.6 Å². The van der Waals surface area contributed by atoms with Gasteiger partial charge in [0.05, 0.1) is 18.5 Å². The zero-order valence-corrected chi connectivity index (χ0v) is 10.1. The van der Waals surface area contributed by atoms with Crippen LogP contribution < -0.4 is 11.1 Å². The molecular formula is C11H17N3O4. The van der Waals surface area contributed by atoms with Crippen LogP contribution in [0.4, 0.5) is 0 Å². The molecule has 0 aromatic carbocycles. The van der Waals surface area contributed by atoms with Gasteiger partial charge in [-0.15, -0.1) is 0 Å². The first-order chi connectivity index (χ1) is 8.41. The lowest BCUT2D eigenvalue weighted by molar-refractivity contribution is -0.142. The summed E-state index contributed by atoms with van der Waals surface area (Å²) in [7, 11) is 0. The zero-order chi connectivity index (χ0) is 13.7. The van der Waals surface area contributed by atoms with Crippen molar-refractivity contribution in [1.29, 1.82) is 0 Å². The number of carboxylic acids is 2. The second-order valence-electron chi connectivity index (χ2n) is 4.19. The average molecular weight is 255 g/mol. The van der Waals surface area contributed by atoms with E-state index in [0.29, 0.717) is 19.4 Å². The summed E-state index contributed by atoms with van der Waals surface area (Å²) in [5.41, 5.74) is 5.65. The maximum atomic E-state index is 11.1. The highest BCUT2D eigenvalue weighted by Gasteiger charge is 2.30. The third-order valence-corrected chi connectivity index (χ3v) is 2.86. The second-order valence-corrected chi connectivity index (χ2v) is 4.19. The molecule has 100 valence electrons. The Hall–Kier alpha value is -2.05. The molecule has 0 amide bonds. The molecule has 0 aromatic heterocycles. The van der Waals surface area contributed by atoms with Crippen molar-refractivity contribution in [3.63, 3.8) is 0 Å². The standard InChI is InChI=1S/C11H17N3O4/c1-6(9(15)16)3-2-4-7(10(17)18)8-5-13-11(12)14-8/h3,7-8H,2,4-5H2,1H3,(H,15,16)(H,17,18)(H3,12,13,14)/b6-3+. The molecule has 5 N–H and O–H groups in total. The van der Waals surface area contributed by atoms with Crippen LogP contribution in [0.1, 0.15) is 19.8 Å². The van der Waals surface area contributed by atoms with Gasteiger partial charge in [0.15, 0.2) is 5.96 Å². The molecule has 18 heavy (non-hydrogen) atoms. The lowest BCUT2D eigenvalue weighted by Gasteiger charge is -2.18. The van der Waals surface area contributed by atoms with Crippen molar-refractivity contribution in [2.75, 3.05) is 6.54 Å². The van der Waals surface area contributed by atoms with E-state index in [0.717, 1.165) is 0 Å². The normalized spacial score (nSPS) is 21.1. The minimum absolute atomic E-state index is 0.217. The van der Waals surface area contributed by atoms with E-state index in [4.69, 9.17) is 15.9 Å². The fraction of sp³-hybridized carbons (Fsp3) is 0.545. The van der Waals surface area contributed by atoms with E-state index >= 15 is 0 Å². The summed E-state index contributed by atoms with van der Waals surface area (Å²) in [6.07, 6.45) is 2.27. The van der Waals surface area contributed by atoms with Crippen LogP contribution in [0.3, 0.4) is 0 Å². The van der Waals surface area contributed by atoms with Gasteiger partial charge in [0.1, 0.15) is 0 Å². The summed E-state index contributed by atoms with van der Waals surface area (Å²) in [6, 6.07) is -0.318. The average Bonchev–Trinajstić information content (AvgIpc) is 2.69. The highest BCUT2D eigenvalue weighted by atomic mass is 16.4. The Morgan fingerprint density at radius 3 is 2.72 bits per heavy atom. The van der Waals surface area contributed by atoms with Gasteiger partial charge in [0.2, 0.25) is 0 Å². The number of aliphatic imine (C=N–C) groups is 1. The molecule has 0 saturated carbocycles. The number of guanidine groups is 1. The number of carboxylic acid groups (broad SMARTS) is 2. The molecular weight excluding hydrogens is 238 g/mol. The number of hydrogen-bond acceptors (Lipinski definition) is 5. The van der Waals surface area contributed by atoms with Crippen molar-refractivity contribution in [3.05, 3.63) is 11.6 Å². The number of allylic oxidation sites excluding steroid dienone is 1. The molecule has 1 aliphatic heterocycles. The highest BCUT2D eigenvalue weighted by Crippen LogP contribution is 2.16. The van der Waals surface area contributed by atoms with Crippen molar-refractivity contribution in [2.24, 2.45) is 16.6 Å². The van der Waals surface area contributed by atoms with Gasteiger partial charge in [-0.3, -0.25) is 9.79 Å². The van der Waals surface area contributed by atoms with Crippen molar-refractivity contribution < 1.29 is 19.8 Å². The molecule has 0 spiro atoms.